The third-order valence-electron chi connectivity index (χ3n) is 7.10. The standard InChI is InChI=1S/C29H31N3O2/c33-29-26-8-3-9-28(27(26)19-32(29)25-7-4-14-30-15-25)34-20-22-12-10-21(11-13-22)16-31-17-23-5-1-2-6-24(23)18-31/h1-3,5-6,8-13,25,30H,4,7,14-20H2/i14D,15D. The van der Waals surface area contributed by atoms with Crippen LogP contribution in [0.5, 0.6) is 5.75 Å². The van der Waals surface area contributed by atoms with E-state index in [0.717, 1.165) is 36.5 Å². The molecule has 3 aromatic carbocycles. The average Bonchev–Trinajstić information content (AvgIpc) is 3.44. The van der Waals surface area contributed by atoms with Gasteiger partial charge in [0.2, 0.25) is 0 Å². The molecule has 174 valence electrons. The largest absolute Gasteiger partial charge is 0.489 e. The zero-order valence-electron chi connectivity index (χ0n) is 21.2. The normalized spacial score (nSPS) is 25.0. The molecule has 1 saturated heterocycles. The van der Waals surface area contributed by atoms with Crippen LogP contribution in [0, 0.1) is 0 Å². The summed E-state index contributed by atoms with van der Waals surface area (Å²) < 4.78 is 22.4. The van der Waals surface area contributed by atoms with Crippen LogP contribution in [-0.2, 0) is 32.8 Å². The van der Waals surface area contributed by atoms with E-state index in [0.29, 0.717) is 31.6 Å². The minimum Gasteiger partial charge on any atom is -0.489 e. The fourth-order valence-electron chi connectivity index (χ4n) is 5.25. The van der Waals surface area contributed by atoms with Crippen molar-refractivity contribution < 1.29 is 12.3 Å². The lowest BCUT2D eigenvalue weighted by Gasteiger charge is -2.31. The number of nitrogens with one attached hydrogen (secondary N) is 1. The van der Waals surface area contributed by atoms with E-state index >= 15 is 0 Å². The van der Waals surface area contributed by atoms with Crippen molar-refractivity contribution in [2.24, 2.45) is 0 Å². The van der Waals surface area contributed by atoms with Crippen molar-refractivity contribution in [2.75, 3.05) is 13.0 Å². The van der Waals surface area contributed by atoms with Crippen LogP contribution in [0.3, 0.4) is 0 Å². The van der Waals surface area contributed by atoms with E-state index in [2.05, 4.69) is 58.7 Å². The average molecular weight is 456 g/mol. The van der Waals surface area contributed by atoms with Crippen molar-refractivity contribution >= 4 is 5.91 Å². The van der Waals surface area contributed by atoms with Gasteiger partial charge in [0.25, 0.3) is 5.91 Å². The van der Waals surface area contributed by atoms with Crippen LogP contribution in [0.1, 0.15) is 53.8 Å². The molecule has 0 saturated carbocycles. The first kappa shape index (κ1) is 19.2. The Bertz CT molecular complexity index is 1240. The van der Waals surface area contributed by atoms with E-state index in [1.54, 1.807) is 4.90 Å². The first-order valence-corrected chi connectivity index (χ1v) is 12.1. The summed E-state index contributed by atoms with van der Waals surface area (Å²) in [6.07, 6.45) is 1.31. The summed E-state index contributed by atoms with van der Waals surface area (Å²) >= 11 is 0. The van der Waals surface area contributed by atoms with Gasteiger partial charge in [-0.05, 0) is 53.7 Å². The number of piperidine rings is 1. The molecule has 5 nitrogen and oxygen atoms in total. The number of fused-ring (bicyclic) bond motifs is 2. The smallest absolute Gasteiger partial charge is 0.254 e. The first-order valence-electron chi connectivity index (χ1n) is 13.2. The predicted molar refractivity (Wildman–Crippen MR) is 132 cm³/mol. The Labute approximate surface area is 204 Å². The molecule has 3 heterocycles. The third kappa shape index (κ3) is 4.22. The molecule has 34 heavy (non-hydrogen) atoms. The van der Waals surface area contributed by atoms with Gasteiger partial charge in [0.15, 0.2) is 0 Å². The molecule has 0 radical (unpaired) electrons. The number of hydrogen-bond donors (Lipinski definition) is 1. The van der Waals surface area contributed by atoms with E-state index in [1.165, 1.54) is 16.7 Å². The number of benzene rings is 3. The highest BCUT2D eigenvalue weighted by Crippen LogP contribution is 2.33. The highest BCUT2D eigenvalue weighted by atomic mass is 16.5. The Morgan fingerprint density at radius 3 is 2.47 bits per heavy atom. The highest BCUT2D eigenvalue weighted by molar-refractivity contribution is 5.99. The summed E-state index contributed by atoms with van der Waals surface area (Å²) in [5.41, 5.74) is 6.78. The summed E-state index contributed by atoms with van der Waals surface area (Å²) in [5.74, 6) is 0.683. The molecule has 3 unspecified atom stereocenters. The number of nitrogens with zero attached hydrogens (tertiary/aromatic N) is 2. The van der Waals surface area contributed by atoms with Crippen molar-refractivity contribution in [1.82, 2.24) is 15.1 Å². The monoisotopic (exact) mass is 455 g/mol. The van der Waals surface area contributed by atoms with Crippen LogP contribution in [0.15, 0.2) is 66.7 Å². The molecule has 3 aliphatic rings. The molecular weight excluding hydrogens is 422 g/mol. The topological polar surface area (TPSA) is 44.8 Å². The third-order valence-corrected chi connectivity index (χ3v) is 7.10. The lowest BCUT2D eigenvalue weighted by Crippen LogP contribution is -2.46. The minimum atomic E-state index is -0.642. The molecule has 0 aromatic heterocycles. The summed E-state index contributed by atoms with van der Waals surface area (Å²) in [6.45, 7) is 2.74. The zero-order chi connectivity index (χ0) is 24.6. The van der Waals surface area contributed by atoms with Crippen LogP contribution < -0.4 is 10.1 Å². The maximum absolute atomic E-state index is 13.1. The van der Waals surface area contributed by atoms with Gasteiger partial charge in [0.1, 0.15) is 12.4 Å². The molecule has 0 spiro atoms. The van der Waals surface area contributed by atoms with E-state index in [4.69, 9.17) is 7.48 Å². The first-order chi connectivity index (χ1) is 17.5. The Hall–Kier alpha value is -3.15. The number of carbonyl (C=O) groups excluding carboxylic acids is 1. The Morgan fingerprint density at radius 2 is 1.71 bits per heavy atom. The van der Waals surface area contributed by atoms with Crippen molar-refractivity contribution in [3.8, 4) is 5.75 Å². The summed E-state index contributed by atoms with van der Waals surface area (Å²) in [7, 11) is 0. The number of carbonyl (C=O) groups is 1. The van der Waals surface area contributed by atoms with Gasteiger partial charge in [-0.3, -0.25) is 9.69 Å². The molecule has 1 amide bonds. The van der Waals surface area contributed by atoms with Gasteiger partial charge >= 0.3 is 0 Å². The quantitative estimate of drug-likeness (QED) is 0.595. The van der Waals surface area contributed by atoms with Gasteiger partial charge < -0.3 is 15.0 Å². The van der Waals surface area contributed by atoms with Crippen molar-refractivity contribution in [2.45, 2.75) is 51.7 Å². The lowest BCUT2D eigenvalue weighted by molar-refractivity contribution is 0.0674. The number of rotatable bonds is 6. The number of hydrogen-bond acceptors (Lipinski definition) is 4. The molecule has 6 rings (SSSR count). The van der Waals surface area contributed by atoms with Crippen molar-refractivity contribution in [1.29, 1.82) is 0 Å². The van der Waals surface area contributed by atoms with E-state index < -0.39 is 13.0 Å². The van der Waals surface area contributed by atoms with Gasteiger partial charge in [-0.2, -0.15) is 0 Å². The fraction of sp³-hybridized carbons (Fsp3) is 0.345. The van der Waals surface area contributed by atoms with Gasteiger partial charge in [0, 0.05) is 46.1 Å². The second kappa shape index (κ2) is 9.24. The van der Waals surface area contributed by atoms with E-state index in [-0.39, 0.29) is 11.9 Å². The maximum Gasteiger partial charge on any atom is 0.254 e. The van der Waals surface area contributed by atoms with Crippen LogP contribution in [0.25, 0.3) is 0 Å². The number of amides is 1. The SMILES string of the molecule is [2H]C1CCC(N2Cc3c(OCc4ccc(CN5Cc6ccccc6C5)cc4)cccc3C2=O)C([2H])N1. The summed E-state index contributed by atoms with van der Waals surface area (Å²) in [5, 5.41) is 2.95. The second-order valence-corrected chi connectivity index (χ2v) is 9.42. The van der Waals surface area contributed by atoms with Gasteiger partial charge in [-0.25, -0.2) is 0 Å². The highest BCUT2D eigenvalue weighted by Gasteiger charge is 2.35. The molecule has 1 N–H and O–H groups in total. The van der Waals surface area contributed by atoms with Crippen LogP contribution >= 0.6 is 0 Å². The molecule has 1 fully saturated rings. The Morgan fingerprint density at radius 1 is 0.941 bits per heavy atom. The van der Waals surface area contributed by atoms with Gasteiger partial charge in [-0.1, -0.05) is 54.6 Å². The molecular formula is C29H31N3O2. The summed E-state index contributed by atoms with van der Waals surface area (Å²) in [4.78, 5) is 17.3. The van der Waals surface area contributed by atoms with Gasteiger partial charge in [-0.15, -0.1) is 0 Å². The van der Waals surface area contributed by atoms with Crippen LogP contribution in [0.2, 0.25) is 0 Å². The van der Waals surface area contributed by atoms with Crippen LogP contribution in [0.4, 0.5) is 0 Å². The molecule has 3 atom stereocenters. The lowest BCUT2D eigenvalue weighted by atomic mass is 10.1. The maximum atomic E-state index is 13.1. The van der Waals surface area contributed by atoms with E-state index in [9.17, 15) is 4.79 Å². The van der Waals surface area contributed by atoms with Crippen molar-refractivity contribution in [3.05, 3.63) is 100 Å². The Balaban J connectivity index is 1.08. The van der Waals surface area contributed by atoms with Crippen molar-refractivity contribution in [3.63, 3.8) is 0 Å². The Kier molecular flexibility index (Phi) is 5.22. The molecule has 3 aliphatic heterocycles. The van der Waals surface area contributed by atoms with E-state index in [1.807, 2.05) is 18.2 Å². The van der Waals surface area contributed by atoms with Crippen LogP contribution in [-0.4, -0.2) is 34.8 Å². The fourth-order valence-corrected chi connectivity index (χ4v) is 5.25. The molecule has 3 aromatic rings. The molecule has 0 aliphatic carbocycles. The molecule has 0 bridgehead atoms. The second-order valence-electron chi connectivity index (χ2n) is 9.42. The number of ether oxygens (including phenoxy) is 1. The molecule has 5 heteroatoms. The minimum absolute atomic E-state index is 0.0450. The summed E-state index contributed by atoms with van der Waals surface area (Å²) in [6, 6.07) is 22.6. The zero-order valence-corrected chi connectivity index (χ0v) is 19.2. The van der Waals surface area contributed by atoms with Gasteiger partial charge in [0.05, 0.1) is 6.54 Å². The predicted octanol–water partition coefficient (Wildman–Crippen LogP) is 4.49.